The van der Waals surface area contributed by atoms with Crippen molar-refractivity contribution in [2.45, 2.75) is 78.2 Å². The Labute approximate surface area is 246 Å². The van der Waals surface area contributed by atoms with Gasteiger partial charge in [0.2, 0.25) is 0 Å². The van der Waals surface area contributed by atoms with Crippen molar-refractivity contribution in [2.24, 2.45) is 0 Å². The molecule has 0 unspecified atom stereocenters. The molecule has 0 aromatic carbocycles. The van der Waals surface area contributed by atoms with Crippen LogP contribution in [0.4, 0.5) is 16.4 Å². The molecule has 224 valence electrons. The van der Waals surface area contributed by atoms with Crippen molar-refractivity contribution in [1.29, 1.82) is 0 Å². The van der Waals surface area contributed by atoms with E-state index in [0.717, 1.165) is 18.4 Å². The molecule has 0 N–H and O–H groups in total. The molecule has 0 bridgehead atoms. The summed E-state index contributed by atoms with van der Waals surface area (Å²) >= 11 is 0. The molecule has 2 amide bonds. The van der Waals surface area contributed by atoms with Crippen LogP contribution in [0.1, 0.15) is 75.1 Å². The summed E-state index contributed by atoms with van der Waals surface area (Å²) in [7, 11) is 3.62. The number of rotatable bonds is 7. The van der Waals surface area contributed by atoms with E-state index in [0.29, 0.717) is 47.6 Å². The molecule has 0 spiro atoms. The zero-order valence-corrected chi connectivity index (χ0v) is 25.5. The van der Waals surface area contributed by atoms with E-state index in [4.69, 9.17) is 19.4 Å². The minimum Gasteiger partial charge on any atom is -0.444 e. The molecule has 5 rings (SSSR count). The van der Waals surface area contributed by atoms with Crippen LogP contribution in [0.25, 0.3) is 11.5 Å². The predicted molar refractivity (Wildman–Crippen MR) is 158 cm³/mol. The van der Waals surface area contributed by atoms with Gasteiger partial charge in [0.25, 0.3) is 5.91 Å². The van der Waals surface area contributed by atoms with Crippen LogP contribution in [-0.4, -0.2) is 80.6 Å². The number of anilines is 2. The molecule has 12 heteroatoms. The number of hydrogen-bond acceptors (Lipinski definition) is 9. The lowest BCUT2D eigenvalue weighted by atomic mass is 10.1. The van der Waals surface area contributed by atoms with Gasteiger partial charge >= 0.3 is 6.09 Å². The number of hydrogen-bond donors (Lipinski definition) is 0. The Morgan fingerprint density at radius 3 is 2.60 bits per heavy atom. The van der Waals surface area contributed by atoms with Gasteiger partial charge in [0.15, 0.2) is 5.82 Å². The Hall–Kier alpha value is -4.06. The third kappa shape index (κ3) is 6.08. The first-order valence-electron chi connectivity index (χ1n) is 14.4. The second-order valence-corrected chi connectivity index (χ2v) is 12.2. The molecule has 0 atom stereocenters. The Morgan fingerprint density at radius 1 is 1.17 bits per heavy atom. The topological polar surface area (TPSA) is 119 Å². The summed E-state index contributed by atoms with van der Waals surface area (Å²) in [6.45, 7) is 11.5. The van der Waals surface area contributed by atoms with Crippen LogP contribution in [0.3, 0.4) is 0 Å². The quantitative estimate of drug-likeness (QED) is 0.402. The van der Waals surface area contributed by atoms with Gasteiger partial charge in [0.1, 0.15) is 29.3 Å². The SMILES string of the molecule is CC(C)N(C)c1cc2c(c(CN(C)C(=O)OC(C)(C)C)n1)CN(c1cccc(-c3nncn3C3CCOCC3)n1)C2=O. The van der Waals surface area contributed by atoms with Crippen LogP contribution in [0.2, 0.25) is 0 Å². The van der Waals surface area contributed by atoms with Crippen LogP contribution in [0, 0.1) is 0 Å². The molecule has 2 aliphatic rings. The maximum Gasteiger partial charge on any atom is 0.410 e. The van der Waals surface area contributed by atoms with Crippen molar-refractivity contribution in [3.05, 3.63) is 47.4 Å². The highest BCUT2D eigenvalue weighted by molar-refractivity contribution is 6.10. The molecule has 5 heterocycles. The summed E-state index contributed by atoms with van der Waals surface area (Å²) in [5.41, 5.74) is 1.99. The van der Waals surface area contributed by atoms with E-state index in [1.165, 1.54) is 4.90 Å². The first kappa shape index (κ1) is 29.4. The summed E-state index contributed by atoms with van der Waals surface area (Å²) in [5.74, 6) is 1.68. The molecular formula is C30H40N8O4. The van der Waals surface area contributed by atoms with Gasteiger partial charge in [-0.2, -0.15) is 0 Å². The first-order valence-corrected chi connectivity index (χ1v) is 14.4. The number of nitrogens with zero attached hydrogens (tertiary/aromatic N) is 8. The maximum absolute atomic E-state index is 13.9. The second-order valence-electron chi connectivity index (χ2n) is 12.2. The number of pyridine rings is 2. The van der Waals surface area contributed by atoms with Crippen molar-refractivity contribution in [2.75, 3.05) is 37.1 Å². The zero-order valence-electron chi connectivity index (χ0n) is 25.5. The highest BCUT2D eigenvalue weighted by Gasteiger charge is 2.34. The van der Waals surface area contributed by atoms with Gasteiger partial charge < -0.3 is 23.8 Å². The molecule has 0 radical (unpaired) electrons. The van der Waals surface area contributed by atoms with Gasteiger partial charge in [-0.15, -0.1) is 10.2 Å². The van der Waals surface area contributed by atoms with E-state index in [2.05, 4.69) is 28.6 Å². The Bertz CT molecular complexity index is 1460. The van der Waals surface area contributed by atoms with Crippen LogP contribution in [-0.2, 0) is 22.6 Å². The van der Waals surface area contributed by atoms with Gasteiger partial charge in [-0.25, -0.2) is 14.8 Å². The van der Waals surface area contributed by atoms with Crippen molar-refractivity contribution >= 4 is 23.6 Å². The second kappa shape index (κ2) is 11.7. The predicted octanol–water partition coefficient (Wildman–Crippen LogP) is 4.46. The van der Waals surface area contributed by atoms with Gasteiger partial charge in [0, 0.05) is 45.0 Å². The van der Waals surface area contributed by atoms with Crippen LogP contribution in [0.5, 0.6) is 0 Å². The summed E-state index contributed by atoms with van der Waals surface area (Å²) in [4.78, 5) is 41.6. The lowest BCUT2D eigenvalue weighted by Crippen LogP contribution is -2.34. The van der Waals surface area contributed by atoms with E-state index in [9.17, 15) is 9.59 Å². The highest BCUT2D eigenvalue weighted by Crippen LogP contribution is 2.34. The third-order valence-electron chi connectivity index (χ3n) is 7.61. The van der Waals surface area contributed by atoms with Crippen LogP contribution < -0.4 is 9.80 Å². The number of ether oxygens (including phenoxy) is 2. The van der Waals surface area contributed by atoms with Crippen molar-refractivity contribution in [1.82, 2.24) is 29.6 Å². The Balaban J connectivity index is 1.47. The number of amides is 2. The average molecular weight is 577 g/mol. The van der Waals surface area contributed by atoms with Crippen molar-refractivity contribution in [3.63, 3.8) is 0 Å². The molecular weight excluding hydrogens is 536 g/mol. The van der Waals surface area contributed by atoms with Crippen molar-refractivity contribution < 1.29 is 19.1 Å². The van der Waals surface area contributed by atoms with E-state index in [-0.39, 0.29) is 31.1 Å². The van der Waals surface area contributed by atoms with Gasteiger partial charge in [-0.1, -0.05) is 6.07 Å². The molecule has 1 fully saturated rings. The lowest BCUT2D eigenvalue weighted by molar-refractivity contribution is 0.0282. The zero-order chi connectivity index (χ0) is 30.2. The number of fused-ring (bicyclic) bond motifs is 1. The summed E-state index contributed by atoms with van der Waals surface area (Å²) < 4.78 is 13.1. The Morgan fingerprint density at radius 2 is 1.90 bits per heavy atom. The van der Waals surface area contributed by atoms with Crippen molar-refractivity contribution in [3.8, 4) is 11.5 Å². The third-order valence-corrected chi connectivity index (χ3v) is 7.61. The molecule has 42 heavy (non-hydrogen) atoms. The number of carbonyl (C=O) groups is 2. The number of carbonyl (C=O) groups excluding carboxylic acids is 2. The summed E-state index contributed by atoms with van der Waals surface area (Å²) in [6.07, 6.45) is 3.05. The molecule has 2 aliphatic heterocycles. The molecule has 0 aliphatic carbocycles. The van der Waals surface area contributed by atoms with Crippen LogP contribution in [0.15, 0.2) is 30.6 Å². The van der Waals surface area contributed by atoms with Gasteiger partial charge in [0.05, 0.1) is 24.3 Å². The van der Waals surface area contributed by atoms with E-state index >= 15 is 0 Å². The molecule has 0 saturated carbocycles. The number of aromatic nitrogens is 5. The normalized spacial score (nSPS) is 15.7. The summed E-state index contributed by atoms with van der Waals surface area (Å²) in [6, 6.07) is 7.81. The van der Waals surface area contributed by atoms with E-state index < -0.39 is 11.7 Å². The van der Waals surface area contributed by atoms with E-state index in [1.807, 2.05) is 57.0 Å². The minimum atomic E-state index is -0.626. The maximum atomic E-state index is 13.9. The minimum absolute atomic E-state index is 0.158. The fraction of sp³-hybridized carbons (Fsp3) is 0.533. The molecule has 3 aromatic heterocycles. The first-order chi connectivity index (χ1) is 19.9. The summed E-state index contributed by atoms with van der Waals surface area (Å²) in [5, 5.41) is 8.53. The van der Waals surface area contributed by atoms with E-state index in [1.54, 1.807) is 18.3 Å². The molecule has 12 nitrogen and oxygen atoms in total. The fourth-order valence-electron chi connectivity index (χ4n) is 5.10. The smallest absolute Gasteiger partial charge is 0.410 e. The standard InChI is InChI=1S/C30H40N8O4/c1-19(2)36(7)26-15-21-22(24(33-26)17-35(6)29(40)42-30(3,4)5)16-37(28(21)39)25-10-8-9-23(32-25)27-34-31-18-38(27)20-11-13-41-14-12-20/h8-10,15,18-20H,11-14,16-17H2,1-7H3. The van der Waals surface area contributed by atoms with Gasteiger partial charge in [-0.3, -0.25) is 9.69 Å². The molecule has 3 aromatic rings. The highest BCUT2D eigenvalue weighted by atomic mass is 16.6. The molecule has 1 saturated heterocycles. The average Bonchev–Trinajstić information content (AvgIpc) is 3.57. The fourth-order valence-corrected chi connectivity index (χ4v) is 5.10. The largest absolute Gasteiger partial charge is 0.444 e. The van der Waals surface area contributed by atoms with Gasteiger partial charge in [-0.05, 0) is 65.7 Å². The monoisotopic (exact) mass is 576 g/mol. The lowest BCUT2D eigenvalue weighted by Gasteiger charge is -2.26. The van der Waals surface area contributed by atoms with Crippen LogP contribution >= 0.6 is 0 Å². The Kier molecular flexibility index (Phi) is 8.18.